The van der Waals surface area contributed by atoms with Crippen molar-refractivity contribution in [1.29, 1.82) is 0 Å². The molecule has 1 saturated heterocycles. The number of allylic oxidation sites excluding steroid dienone is 2. The molecule has 1 saturated carbocycles. The van der Waals surface area contributed by atoms with Gasteiger partial charge in [0.05, 0.1) is 5.60 Å². The van der Waals surface area contributed by atoms with Crippen LogP contribution in [-0.4, -0.2) is 59.8 Å². The van der Waals surface area contributed by atoms with Crippen molar-refractivity contribution in [3.63, 3.8) is 0 Å². The number of benzene rings is 1. The number of nitrogens with zero attached hydrogens (tertiary/aromatic N) is 2. The third kappa shape index (κ3) is 5.64. The summed E-state index contributed by atoms with van der Waals surface area (Å²) in [5.74, 6) is 0.991. The number of rotatable bonds is 6. The molecule has 1 aromatic carbocycles. The van der Waals surface area contributed by atoms with Crippen LogP contribution in [-0.2, 0) is 0 Å². The average molecular weight is 417 g/mol. The summed E-state index contributed by atoms with van der Waals surface area (Å²) < 4.78 is 0. The molecular formula is C25H37ClN2O. The number of piperazine rings is 1. The van der Waals surface area contributed by atoms with Crippen molar-refractivity contribution in [2.75, 3.05) is 39.3 Å². The lowest BCUT2D eigenvalue weighted by molar-refractivity contribution is -0.0345. The first-order chi connectivity index (χ1) is 14.1. The molecule has 1 aromatic rings. The highest BCUT2D eigenvalue weighted by atomic mass is 35.5. The molecular weight excluding hydrogens is 380 g/mol. The van der Waals surface area contributed by atoms with E-state index in [2.05, 4.69) is 34.1 Å². The highest BCUT2D eigenvalue weighted by Crippen LogP contribution is 2.41. The van der Waals surface area contributed by atoms with Crippen LogP contribution in [0.5, 0.6) is 0 Å². The van der Waals surface area contributed by atoms with Crippen LogP contribution in [0.1, 0.15) is 62.8 Å². The Morgan fingerprint density at radius 1 is 1.03 bits per heavy atom. The Balaban J connectivity index is 1.38. The van der Waals surface area contributed by atoms with Crippen LogP contribution in [0.25, 0.3) is 0 Å². The van der Waals surface area contributed by atoms with Gasteiger partial charge >= 0.3 is 0 Å². The second kappa shape index (κ2) is 9.96. The molecule has 4 heteroatoms. The summed E-state index contributed by atoms with van der Waals surface area (Å²) in [5, 5.41) is 12.4. The fraction of sp³-hybridized carbons (Fsp3) is 0.680. The van der Waals surface area contributed by atoms with E-state index in [4.69, 9.17) is 11.6 Å². The maximum absolute atomic E-state index is 11.6. The van der Waals surface area contributed by atoms with Crippen LogP contribution in [0.4, 0.5) is 0 Å². The maximum Gasteiger partial charge on any atom is 0.0728 e. The molecule has 1 N–H and O–H groups in total. The van der Waals surface area contributed by atoms with Crippen molar-refractivity contribution in [2.24, 2.45) is 5.92 Å². The van der Waals surface area contributed by atoms with E-state index >= 15 is 0 Å². The van der Waals surface area contributed by atoms with Gasteiger partial charge in [0.15, 0.2) is 0 Å². The highest BCUT2D eigenvalue weighted by Gasteiger charge is 2.40. The Bertz CT molecular complexity index is 677. The van der Waals surface area contributed by atoms with Gasteiger partial charge in [-0.2, -0.15) is 0 Å². The Morgan fingerprint density at radius 3 is 2.48 bits per heavy atom. The van der Waals surface area contributed by atoms with Gasteiger partial charge in [0.1, 0.15) is 0 Å². The molecule has 3 nitrogen and oxygen atoms in total. The van der Waals surface area contributed by atoms with E-state index in [1.807, 2.05) is 12.1 Å². The summed E-state index contributed by atoms with van der Waals surface area (Å²) >= 11 is 6.32. The topological polar surface area (TPSA) is 26.7 Å². The minimum absolute atomic E-state index is 0.150. The molecule has 2 fully saturated rings. The molecule has 0 aromatic heterocycles. The first-order valence-electron chi connectivity index (χ1n) is 11.7. The molecule has 0 radical (unpaired) electrons. The van der Waals surface area contributed by atoms with Gasteiger partial charge in [-0.1, -0.05) is 55.1 Å². The third-order valence-corrected chi connectivity index (χ3v) is 7.65. The number of hydrogen-bond donors (Lipinski definition) is 1. The molecule has 0 bridgehead atoms. The molecule has 4 rings (SSSR count). The predicted octanol–water partition coefficient (Wildman–Crippen LogP) is 5.09. The summed E-state index contributed by atoms with van der Waals surface area (Å²) in [6, 6.07) is 8.21. The van der Waals surface area contributed by atoms with Crippen LogP contribution >= 0.6 is 11.6 Å². The van der Waals surface area contributed by atoms with E-state index in [0.717, 1.165) is 69.3 Å². The Labute approximate surface area is 181 Å². The second-order valence-electron chi connectivity index (χ2n) is 9.52. The molecule has 1 aliphatic heterocycles. The van der Waals surface area contributed by atoms with E-state index < -0.39 is 5.60 Å². The highest BCUT2D eigenvalue weighted by molar-refractivity contribution is 6.30. The lowest BCUT2D eigenvalue weighted by Gasteiger charge is -2.44. The van der Waals surface area contributed by atoms with Crippen LogP contribution in [0.15, 0.2) is 36.4 Å². The summed E-state index contributed by atoms with van der Waals surface area (Å²) in [6.45, 7) is 6.71. The molecule has 0 amide bonds. The SMILES string of the molecule is OC1(C(CN2CCN(CC3CC=CCC3)CC2)c2cccc(Cl)c2)CCCCC1. The van der Waals surface area contributed by atoms with E-state index in [0.29, 0.717) is 0 Å². The van der Waals surface area contributed by atoms with Crippen LogP contribution < -0.4 is 0 Å². The molecule has 1 heterocycles. The van der Waals surface area contributed by atoms with Crippen LogP contribution in [0.3, 0.4) is 0 Å². The van der Waals surface area contributed by atoms with E-state index in [1.54, 1.807) is 0 Å². The van der Waals surface area contributed by atoms with E-state index in [-0.39, 0.29) is 5.92 Å². The quantitative estimate of drug-likeness (QED) is 0.654. The lowest BCUT2D eigenvalue weighted by Crippen LogP contribution is -2.51. The van der Waals surface area contributed by atoms with Crippen molar-refractivity contribution in [3.05, 3.63) is 47.0 Å². The van der Waals surface area contributed by atoms with E-state index in [9.17, 15) is 5.11 Å². The first-order valence-corrected chi connectivity index (χ1v) is 12.1. The van der Waals surface area contributed by atoms with Crippen molar-refractivity contribution < 1.29 is 5.11 Å². The predicted molar refractivity (Wildman–Crippen MR) is 122 cm³/mol. The summed E-state index contributed by atoms with van der Waals surface area (Å²) in [7, 11) is 0. The van der Waals surface area contributed by atoms with Gasteiger partial charge in [0, 0.05) is 50.2 Å². The zero-order chi connectivity index (χ0) is 20.1. The van der Waals surface area contributed by atoms with Crippen LogP contribution in [0.2, 0.25) is 5.02 Å². The monoisotopic (exact) mass is 416 g/mol. The van der Waals surface area contributed by atoms with Crippen LogP contribution in [0, 0.1) is 5.92 Å². The lowest BCUT2D eigenvalue weighted by atomic mass is 9.72. The third-order valence-electron chi connectivity index (χ3n) is 7.42. The normalized spacial score (nSPS) is 27.0. The van der Waals surface area contributed by atoms with Gasteiger partial charge in [-0.3, -0.25) is 0 Å². The van der Waals surface area contributed by atoms with Gasteiger partial charge in [-0.05, 0) is 55.7 Å². The van der Waals surface area contributed by atoms with Gasteiger partial charge < -0.3 is 14.9 Å². The zero-order valence-corrected chi connectivity index (χ0v) is 18.5. The van der Waals surface area contributed by atoms with Gasteiger partial charge in [0.25, 0.3) is 0 Å². The largest absolute Gasteiger partial charge is 0.389 e. The van der Waals surface area contributed by atoms with Gasteiger partial charge in [-0.15, -0.1) is 0 Å². The Morgan fingerprint density at radius 2 is 1.79 bits per heavy atom. The molecule has 0 spiro atoms. The minimum atomic E-state index is -0.589. The van der Waals surface area contributed by atoms with Crippen molar-refractivity contribution >= 4 is 11.6 Å². The summed E-state index contributed by atoms with van der Waals surface area (Å²) in [4.78, 5) is 5.24. The van der Waals surface area contributed by atoms with E-state index in [1.165, 1.54) is 37.8 Å². The second-order valence-corrected chi connectivity index (χ2v) is 9.96. The van der Waals surface area contributed by atoms with Crippen molar-refractivity contribution in [3.8, 4) is 0 Å². The molecule has 2 atom stereocenters. The fourth-order valence-corrected chi connectivity index (χ4v) is 5.82. The zero-order valence-electron chi connectivity index (χ0n) is 17.7. The fourth-order valence-electron chi connectivity index (χ4n) is 5.62. The number of aliphatic hydroxyl groups is 1. The maximum atomic E-state index is 11.6. The molecule has 160 valence electrons. The molecule has 3 aliphatic rings. The Kier molecular flexibility index (Phi) is 7.34. The Hall–Kier alpha value is -0.870. The number of halogens is 1. The standard InChI is InChI=1S/C25H37ClN2O/c26-23-11-7-10-22(18-23)24(25(29)12-5-2-6-13-25)20-28-16-14-27(15-17-28)19-21-8-3-1-4-9-21/h1,3,7,10-11,18,21,24,29H,2,4-6,8-9,12-17,19-20H2. The molecule has 29 heavy (non-hydrogen) atoms. The first kappa shape index (κ1) is 21.4. The summed E-state index contributed by atoms with van der Waals surface area (Å²) in [6.07, 6.45) is 13.9. The summed E-state index contributed by atoms with van der Waals surface area (Å²) in [5.41, 5.74) is 0.618. The van der Waals surface area contributed by atoms with Gasteiger partial charge in [0.2, 0.25) is 0 Å². The molecule has 2 unspecified atom stereocenters. The van der Waals surface area contributed by atoms with Gasteiger partial charge in [-0.25, -0.2) is 0 Å². The number of hydrogen-bond acceptors (Lipinski definition) is 3. The smallest absolute Gasteiger partial charge is 0.0728 e. The van der Waals surface area contributed by atoms with Crippen molar-refractivity contribution in [2.45, 2.75) is 62.9 Å². The molecule has 2 aliphatic carbocycles. The van der Waals surface area contributed by atoms with Crippen molar-refractivity contribution in [1.82, 2.24) is 9.80 Å². The minimum Gasteiger partial charge on any atom is -0.389 e. The average Bonchev–Trinajstić information content (AvgIpc) is 2.74.